The van der Waals surface area contributed by atoms with Crippen LogP contribution in [0.2, 0.25) is 0 Å². The number of pyridine rings is 1. The monoisotopic (exact) mass is 321 g/mol. The molecular weight excluding hydrogens is 294 g/mol. The smallest absolute Gasteiger partial charge is 0.213 e. The molecule has 0 N–H and O–H groups in total. The number of aryl methyl sites for hydroxylation is 2. The van der Waals surface area contributed by atoms with Crippen LogP contribution in [0.15, 0.2) is 54.9 Å². The van der Waals surface area contributed by atoms with Gasteiger partial charge in [-0.3, -0.25) is 0 Å². The predicted molar refractivity (Wildman–Crippen MR) is 97.4 cm³/mol. The van der Waals surface area contributed by atoms with Gasteiger partial charge in [-0.15, -0.1) is 0 Å². The van der Waals surface area contributed by atoms with E-state index in [1.54, 1.807) is 12.3 Å². The second kappa shape index (κ2) is 6.91. The van der Waals surface area contributed by atoms with E-state index >= 15 is 0 Å². The van der Waals surface area contributed by atoms with Crippen LogP contribution < -0.4 is 4.57 Å². The summed E-state index contributed by atoms with van der Waals surface area (Å²) in [4.78, 5) is 8.56. The van der Waals surface area contributed by atoms with E-state index in [4.69, 9.17) is 4.11 Å². The first-order valence-corrected chi connectivity index (χ1v) is 8.01. The van der Waals surface area contributed by atoms with Crippen molar-refractivity contribution in [1.82, 2.24) is 9.97 Å². The molecule has 0 radical (unpaired) electrons. The molecule has 0 bridgehead atoms. The van der Waals surface area contributed by atoms with E-state index in [-0.39, 0.29) is 5.82 Å². The van der Waals surface area contributed by atoms with Crippen LogP contribution in [0.3, 0.4) is 0 Å². The second-order valence-electron chi connectivity index (χ2n) is 6.12. The Morgan fingerprint density at radius 2 is 2.00 bits per heavy atom. The van der Waals surface area contributed by atoms with Crippen molar-refractivity contribution < 1.29 is 8.68 Å². The standard InChI is InChI=1S/C21H24N3/c1-15(2)13-21-22-11-9-19(23-21)17-10-12-24(4)20(14-17)18-8-6-5-7-16(18)3/h5-12,14-15H,13H2,1-4H3/q+1/i13D2,15D. The Kier molecular flexibility index (Phi) is 3.69. The van der Waals surface area contributed by atoms with Crippen LogP contribution in [-0.4, -0.2) is 9.97 Å². The lowest BCUT2D eigenvalue weighted by Gasteiger charge is -2.08. The number of nitrogens with zero attached hydrogens (tertiary/aromatic N) is 3. The lowest BCUT2D eigenvalue weighted by molar-refractivity contribution is -0.660. The van der Waals surface area contributed by atoms with Crippen LogP contribution in [0, 0.1) is 12.8 Å². The Morgan fingerprint density at radius 3 is 2.75 bits per heavy atom. The molecule has 1 aromatic carbocycles. The van der Waals surface area contributed by atoms with Crippen LogP contribution >= 0.6 is 0 Å². The van der Waals surface area contributed by atoms with Crippen molar-refractivity contribution in [3.63, 3.8) is 0 Å². The zero-order chi connectivity index (χ0) is 19.8. The minimum Gasteiger partial charge on any atom is -0.241 e. The van der Waals surface area contributed by atoms with E-state index in [2.05, 4.69) is 39.7 Å². The van der Waals surface area contributed by atoms with E-state index in [1.165, 1.54) is 19.4 Å². The maximum atomic E-state index is 8.27. The normalized spacial score (nSPS) is 13.9. The van der Waals surface area contributed by atoms with Crippen molar-refractivity contribution in [3.8, 4) is 22.5 Å². The first kappa shape index (κ1) is 12.8. The van der Waals surface area contributed by atoms with Gasteiger partial charge in [0.1, 0.15) is 12.9 Å². The Morgan fingerprint density at radius 1 is 1.21 bits per heavy atom. The molecule has 2 aromatic heterocycles. The van der Waals surface area contributed by atoms with Gasteiger partial charge in [-0.2, -0.15) is 0 Å². The van der Waals surface area contributed by atoms with Gasteiger partial charge in [-0.25, -0.2) is 14.5 Å². The zero-order valence-electron chi connectivity index (χ0n) is 17.5. The molecular formula is C21H24N3+. The fourth-order valence-electron chi connectivity index (χ4n) is 2.66. The molecule has 24 heavy (non-hydrogen) atoms. The Labute approximate surface area is 148 Å². The molecule has 0 aliphatic carbocycles. The molecule has 0 aliphatic rings. The molecule has 3 aromatic rings. The summed E-state index contributed by atoms with van der Waals surface area (Å²) < 4.78 is 26.7. The molecule has 0 unspecified atom stereocenters. The van der Waals surface area contributed by atoms with Gasteiger partial charge in [0.25, 0.3) is 0 Å². The average Bonchev–Trinajstić information content (AvgIpc) is 2.62. The summed E-state index contributed by atoms with van der Waals surface area (Å²) in [6.45, 7) is 5.14. The predicted octanol–water partition coefficient (Wildman–Crippen LogP) is 4.14. The van der Waals surface area contributed by atoms with Crippen LogP contribution in [-0.2, 0) is 13.4 Å². The molecule has 122 valence electrons. The van der Waals surface area contributed by atoms with Gasteiger partial charge in [-0.05, 0) is 30.5 Å². The lowest BCUT2D eigenvalue weighted by atomic mass is 10.0. The quantitative estimate of drug-likeness (QED) is 0.676. The lowest BCUT2D eigenvalue weighted by Crippen LogP contribution is -2.30. The maximum Gasteiger partial charge on any atom is 0.213 e. The first-order valence-electron chi connectivity index (χ1n) is 9.51. The molecule has 3 heteroatoms. The van der Waals surface area contributed by atoms with Crippen LogP contribution in [0.4, 0.5) is 0 Å². The Bertz CT molecular complexity index is 978. The third-order valence-corrected chi connectivity index (χ3v) is 3.88. The highest BCUT2D eigenvalue weighted by molar-refractivity contribution is 5.68. The van der Waals surface area contributed by atoms with Gasteiger partial charge in [0, 0.05) is 39.9 Å². The van der Waals surface area contributed by atoms with E-state index in [9.17, 15) is 0 Å². The highest BCUT2D eigenvalue weighted by Gasteiger charge is 2.14. The summed E-state index contributed by atoms with van der Waals surface area (Å²) in [7, 11) is 2.00. The summed E-state index contributed by atoms with van der Waals surface area (Å²) in [5, 5.41) is 0. The highest BCUT2D eigenvalue weighted by Crippen LogP contribution is 2.24. The average molecular weight is 321 g/mol. The molecule has 0 amide bonds. The summed E-state index contributed by atoms with van der Waals surface area (Å²) in [5.74, 6) is -1.31. The number of hydrogen-bond acceptors (Lipinski definition) is 2. The minimum atomic E-state index is -1.96. The van der Waals surface area contributed by atoms with Crippen LogP contribution in [0.1, 0.15) is 29.3 Å². The van der Waals surface area contributed by atoms with E-state index in [1.807, 2.05) is 31.4 Å². The van der Waals surface area contributed by atoms with E-state index < -0.39 is 12.3 Å². The van der Waals surface area contributed by atoms with Crippen molar-refractivity contribution in [3.05, 3.63) is 66.2 Å². The van der Waals surface area contributed by atoms with E-state index in [0.29, 0.717) is 5.69 Å². The summed E-state index contributed by atoms with van der Waals surface area (Å²) in [6, 6.07) is 14.0. The van der Waals surface area contributed by atoms with E-state index in [0.717, 1.165) is 16.8 Å². The number of benzene rings is 1. The van der Waals surface area contributed by atoms with Gasteiger partial charge in [0.2, 0.25) is 5.69 Å². The van der Waals surface area contributed by atoms with Crippen molar-refractivity contribution >= 4 is 0 Å². The molecule has 3 rings (SSSR count). The van der Waals surface area contributed by atoms with Gasteiger partial charge in [0.05, 0.1) is 5.69 Å². The summed E-state index contributed by atoms with van der Waals surface area (Å²) >= 11 is 0. The largest absolute Gasteiger partial charge is 0.241 e. The SMILES string of the molecule is [2H]C(C)(C)C([2H])([2H])c1nccc(-c2cc[n+](C)c(-c3ccccc3C)c2)n1. The topological polar surface area (TPSA) is 29.7 Å². The fourth-order valence-corrected chi connectivity index (χ4v) is 2.66. The molecule has 0 aliphatic heterocycles. The number of hydrogen-bond donors (Lipinski definition) is 0. The fraction of sp³-hybridized carbons (Fsp3) is 0.286. The van der Waals surface area contributed by atoms with Crippen LogP contribution in [0.5, 0.6) is 0 Å². The van der Waals surface area contributed by atoms with Gasteiger partial charge in [-0.1, -0.05) is 32.0 Å². The number of aromatic nitrogens is 3. The van der Waals surface area contributed by atoms with Crippen molar-refractivity contribution in [2.24, 2.45) is 12.9 Å². The Hall–Kier alpha value is -2.55. The second-order valence-corrected chi connectivity index (χ2v) is 6.12. The van der Waals surface area contributed by atoms with Crippen LogP contribution in [0.25, 0.3) is 22.5 Å². The third-order valence-electron chi connectivity index (χ3n) is 3.88. The molecule has 0 atom stereocenters. The molecule has 2 heterocycles. The Balaban J connectivity index is 2.10. The molecule has 0 fully saturated rings. The zero-order valence-corrected chi connectivity index (χ0v) is 14.5. The summed E-state index contributed by atoms with van der Waals surface area (Å²) in [6.07, 6.45) is 1.57. The molecule has 0 spiro atoms. The van der Waals surface area contributed by atoms with Gasteiger partial charge < -0.3 is 0 Å². The molecule has 3 nitrogen and oxygen atoms in total. The van der Waals surface area contributed by atoms with Gasteiger partial charge >= 0.3 is 0 Å². The van der Waals surface area contributed by atoms with Crippen molar-refractivity contribution in [2.75, 3.05) is 0 Å². The molecule has 0 saturated carbocycles. The first-order chi connectivity index (χ1) is 12.6. The third kappa shape index (κ3) is 3.51. The highest BCUT2D eigenvalue weighted by atomic mass is 14.9. The van der Waals surface area contributed by atoms with Crippen molar-refractivity contribution in [1.29, 1.82) is 0 Å². The summed E-state index contributed by atoms with van der Waals surface area (Å²) in [5.41, 5.74) is 4.89. The van der Waals surface area contributed by atoms with Gasteiger partial charge in [0.15, 0.2) is 6.20 Å². The minimum absolute atomic E-state index is 0.0330. The maximum absolute atomic E-state index is 8.27. The van der Waals surface area contributed by atoms with Crippen molar-refractivity contribution in [2.45, 2.75) is 27.1 Å². The molecule has 0 saturated heterocycles. The number of rotatable bonds is 4.